The van der Waals surface area contributed by atoms with Crippen LogP contribution >= 0.6 is 11.8 Å². The van der Waals surface area contributed by atoms with E-state index in [1.165, 1.54) is 11.8 Å². The molecule has 1 heterocycles. The number of amides is 1. The first-order valence-electron chi connectivity index (χ1n) is 9.18. The van der Waals surface area contributed by atoms with E-state index in [-0.39, 0.29) is 12.6 Å². The number of rotatable bonds is 8. The highest BCUT2D eigenvalue weighted by Crippen LogP contribution is 2.27. The van der Waals surface area contributed by atoms with Gasteiger partial charge in [-0.1, -0.05) is 49.0 Å². The standard InChI is InChI=1S/C21H25N3O2S/c1-4-16-10-8-9-15(3)20(16)24(14-26-5-2)19(25)13-27-21-22-17-11-6-7-12-18(17)23-21/h6-12H,4-5,13-14H2,1-3H3,(H,22,23). The Balaban J connectivity index is 1.79. The van der Waals surface area contributed by atoms with Crippen LogP contribution in [0.25, 0.3) is 11.0 Å². The molecular weight excluding hydrogens is 358 g/mol. The van der Waals surface area contributed by atoms with Crippen LogP contribution in [0.1, 0.15) is 25.0 Å². The molecule has 0 spiro atoms. The Labute approximate surface area is 164 Å². The summed E-state index contributed by atoms with van der Waals surface area (Å²) in [6.07, 6.45) is 0.865. The second-order valence-corrected chi connectivity index (χ2v) is 7.19. The van der Waals surface area contributed by atoms with Gasteiger partial charge in [-0.2, -0.15) is 0 Å². The number of imidazole rings is 1. The molecule has 0 radical (unpaired) electrons. The van der Waals surface area contributed by atoms with Crippen molar-refractivity contribution in [3.8, 4) is 0 Å². The van der Waals surface area contributed by atoms with E-state index in [2.05, 4.69) is 23.0 Å². The maximum Gasteiger partial charge on any atom is 0.239 e. The van der Waals surface area contributed by atoms with E-state index in [1.54, 1.807) is 4.90 Å². The van der Waals surface area contributed by atoms with Gasteiger partial charge in [-0.25, -0.2) is 4.98 Å². The van der Waals surface area contributed by atoms with Crippen molar-refractivity contribution in [3.05, 3.63) is 53.6 Å². The molecule has 5 nitrogen and oxygen atoms in total. The van der Waals surface area contributed by atoms with Crippen molar-refractivity contribution >= 4 is 34.4 Å². The zero-order valence-electron chi connectivity index (χ0n) is 16.0. The predicted octanol–water partition coefficient (Wildman–Crippen LogP) is 4.55. The van der Waals surface area contributed by atoms with Crippen molar-refractivity contribution in [2.45, 2.75) is 32.3 Å². The molecule has 1 amide bonds. The highest BCUT2D eigenvalue weighted by atomic mass is 32.2. The number of nitrogens with zero attached hydrogens (tertiary/aromatic N) is 2. The minimum Gasteiger partial charge on any atom is -0.361 e. The largest absolute Gasteiger partial charge is 0.361 e. The third kappa shape index (κ3) is 4.51. The van der Waals surface area contributed by atoms with E-state index >= 15 is 0 Å². The first-order chi connectivity index (χ1) is 13.1. The summed E-state index contributed by atoms with van der Waals surface area (Å²) >= 11 is 1.42. The molecule has 1 N–H and O–H groups in total. The lowest BCUT2D eigenvalue weighted by atomic mass is 10.0. The van der Waals surface area contributed by atoms with E-state index in [0.29, 0.717) is 12.4 Å². The first kappa shape index (κ1) is 19.5. The van der Waals surface area contributed by atoms with Crippen LogP contribution in [0.3, 0.4) is 0 Å². The number of para-hydroxylation sites is 3. The SMILES string of the molecule is CCOCN(C(=O)CSc1nc2ccccc2[nH]1)c1c(C)cccc1CC. The summed E-state index contributed by atoms with van der Waals surface area (Å²) in [4.78, 5) is 22.6. The number of H-pyrrole nitrogens is 1. The van der Waals surface area contributed by atoms with Crippen LogP contribution in [0.5, 0.6) is 0 Å². The quantitative estimate of drug-likeness (QED) is 0.458. The highest BCUT2D eigenvalue weighted by Gasteiger charge is 2.21. The van der Waals surface area contributed by atoms with Crippen LogP contribution in [0.4, 0.5) is 5.69 Å². The lowest BCUT2D eigenvalue weighted by molar-refractivity contribution is -0.117. The van der Waals surface area contributed by atoms with Crippen LogP contribution in [-0.2, 0) is 16.0 Å². The van der Waals surface area contributed by atoms with E-state index in [9.17, 15) is 4.79 Å². The summed E-state index contributed by atoms with van der Waals surface area (Å²) in [5, 5.41) is 0.751. The number of fused-ring (bicyclic) bond motifs is 1. The fourth-order valence-electron chi connectivity index (χ4n) is 3.04. The Hall–Kier alpha value is -2.31. The first-order valence-corrected chi connectivity index (χ1v) is 10.2. The van der Waals surface area contributed by atoms with Gasteiger partial charge in [-0.3, -0.25) is 9.69 Å². The number of carbonyl (C=O) groups is 1. The topological polar surface area (TPSA) is 58.2 Å². The Morgan fingerprint density at radius 2 is 2.00 bits per heavy atom. The van der Waals surface area contributed by atoms with Gasteiger partial charge in [0.1, 0.15) is 6.73 Å². The van der Waals surface area contributed by atoms with Gasteiger partial charge in [-0.05, 0) is 43.5 Å². The second-order valence-electron chi connectivity index (χ2n) is 6.23. The number of hydrogen-bond donors (Lipinski definition) is 1. The molecule has 6 heteroatoms. The van der Waals surface area contributed by atoms with Gasteiger partial charge < -0.3 is 9.72 Å². The Bertz CT molecular complexity index is 890. The average Bonchev–Trinajstić information content (AvgIpc) is 3.10. The molecular formula is C21H25N3O2S. The number of aryl methyl sites for hydroxylation is 2. The molecule has 1 aromatic heterocycles. The van der Waals surface area contributed by atoms with Gasteiger partial charge in [0.05, 0.1) is 22.5 Å². The smallest absolute Gasteiger partial charge is 0.239 e. The number of thioether (sulfide) groups is 1. The molecule has 3 rings (SSSR count). The average molecular weight is 384 g/mol. The molecule has 0 aliphatic heterocycles. The van der Waals surface area contributed by atoms with Crippen molar-refractivity contribution < 1.29 is 9.53 Å². The molecule has 0 saturated carbocycles. The third-order valence-corrected chi connectivity index (χ3v) is 5.26. The number of ether oxygens (including phenoxy) is 1. The van der Waals surface area contributed by atoms with E-state index in [4.69, 9.17) is 4.74 Å². The molecule has 0 aliphatic rings. The second kappa shape index (κ2) is 9.06. The minimum atomic E-state index is 0.0120. The number of carbonyl (C=O) groups excluding carboxylic acids is 1. The van der Waals surface area contributed by atoms with Crippen LogP contribution in [0, 0.1) is 6.92 Å². The molecule has 0 bridgehead atoms. The fraction of sp³-hybridized carbons (Fsp3) is 0.333. The molecule has 0 fully saturated rings. The van der Waals surface area contributed by atoms with E-state index in [1.807, 2.05) is 50.2 Å². The summed E-state index contributed by atoms with van der Waals surface area (Å²) in [5.41, 5.74) is 5.08. The van der Waals surface area contributed by atoms with Crippen LogP contribution in [0.15, 0.2) is 47.6 Å². The molecule has 0 atom stereocenters. The van der Waals surface area contributed by atoms with Crippen LogP contribution in [-0.4, -0.2) is 35.0 Å². The molecule has 27 heavy (non-hydrogen) atoms. The number of nitrogens with one attached hydrogen (secondary N) is 1. The van der Waals surface area contributed by atoms with Gasteiger partial charge in [0, 0.05) is 6.61 Å². The highest BCUT2D eigenvalue weighted by molar-refractivity contribution is 7.99. The lowest BCUT2D eigenvalue weighted by Crippen LogP contribution is -2.36. The summed E-state index contributed by atoms with van der Waals surface area (Å²) in [5.74, 6) is 0.308. The number of anilines is 1. The van der Waals surface area contributed by atoms with Gasteiger partial charge in [-0.15, -0.1) is 0 Å². The molecule has 0 unspecified atom stereocenters. The Morgan fingerprint density at radius 1 is 1.19 bits per heavy atom. The number of aromatic nitrogens is 2. The summed E-state index contributed by atoms with van der Waals surface area (Å²) in [7, 11) is 0. The molecule has 2 aromatic carbocycles. The molecule has 3 aromatic rings. The van der Waals surface area contributed by atoms with Crippen LogP contribution < -0.4 is 4.90 Å². The van der Waals surface area contributed by atoms with Gasteiger partial charge >= 0.3 is 0 Å². The molecule has 0 saturated heterocycles. The minimum absolute atomic E-state index is 0.0120. The lowest BCUT2D eigenvalue weighted by Gasteiger charge is -2.26. The monoisotopic (exact) mass is 383 g/mol. The zero-order chi connectivity index (χ0) is 19.2. The van der Waals surface area contributed by atoms with Gasteiger partial charge in [0.15, 0.2) is 5.16 Å². The maximum absolute atomic E-state index is 13.0. The fourth-order valence-corrected chi connectivity index (χ4v) is 3.80. The Morgan fingerprint density at radius 3 is 2.74 bits per heavy atom. The molecule has 0 aliphatic carbocycles. The van der Waals surface area contributed by atoms with Crippen molar-refractivity contribution in [1.29, 1.82) is 0 Å². The number of aromatic amines is 1. The van der Waals surface area contributed by atoms with Crippen molar-refractivity contribution in [2.75, 3.05) is 24.0 Å². The summed E-state index contributed by atoms with van der Waals surface area (Å²) in [6, 6.07) is 14.0. The normalized spacial score (nSPS) is 11.1. The van der Waals surface area contributed by atoms with E-state index < -0.39 is 0 Å². The predicted molar refractivity (Wildman–Crippen MR) is 111 cm³/mol. The number of benzene rings is 2. The third-order valence-electron chi connectivity index (χ3n) is 4.40. The van der Waals surface area contributed by atoms with Gasteiger partial charge in [0.2, 0.25) is 5.91 Å². The van der Waals surface area contributed by atoms with Gasteiger partial charge in [0.25, 0.3) is 0 Å². The van der Waals surface area contributed by atoms with E-state index in [0.717, 1.165) is 39.4 Å². The van der Waals surface area contributed by atoms with Crippen molar-refractivity contribution in [2.24, 2.45) is 0 Å². The van der Waals surface area contributed by atoms with Crippen LogP contribution in [0.2, 0.25) is 0 Å². The Kier molecular flexibility index (Phi) is 6.53. The number of hydrogen-bond acceptors (Lipinski definition) is 4. The van der Waals surface area contributed by atoms with Crippen molar-refractivity contribution in [1.82, 2.24) is 9.97 Å². The molecule has 142 valence electrons. The summed E-state index contributed by atoms with van der Waals surface area (Å²) in [6.45, 7) is 6.89. The van der Waals surface area contributed by atoms with Crippen molar-refractivity contribution in [3.63, 3.8) is 0 Å². The summed E-state index contributed by atoms with van der Waals surface area (Å²) < 4.78 is 5.60. The maximum atomic E-state index is 13.0. The zero-order valence-corrected chi connectivity index (χ0v) is 16.8.